The highest BCUT2D eigenvalue weighted by molar-refractivity contribution is 7.84. The van der Waals surface area contributed by atoms with Gasteiger partial charge in [0.05, 0.1) is 6.10 Å². The van der Waals surface area contributed by atoms with E-state index in [9.17, 15) is 9.32 Å². The van der Waals surface area contributed by atoms with Crippen LogP contribution in [0.15, 0.2) is 0 Å². The molecule has 1 fully saturated rings. The number of rotatable bonds is 4. The quantitative estimate of drug-likeness (QED) is 0.692. The fourth-order valence-electron chi connectivity index (χ4n) is 1.61. The molecule has 4 heteroatoms. The molecule has 0 aliphatic heterocycles. The van der Waals surface area contributed by atoms with Gasteiger partial charge in [-0.2, -0.15) is 0 Å². The highest BCUT2D eigenvalue weighted by Crippen LogP contribution is 2.18. The van der Waals surface area contributed by atoms with E-state index in [1.54, 1.807) is 6.26 Å². The van der Waals surface area contributed by atoms with Gasteiger partial charge in [0.1, 0.15) is 0 Å². The third-order valence-electron chi connectivity index (χ3n) is 2.71. The summed E-state index contributed by atoms with van der Waals surface area (Å²) in [4.78, 5) is 0. The second kappa shape index (κ2) is 5.08. The Kier molecular flexibility index (Phi) is 4.35. The summed E-state index contributed by atoms with van der Waals surface area (Å²) in [5, 5.41) is 12.9. The van der Waals surface area contributed by atoms with Gasteiger partial charge in [0.2, 0.25) is 0 Å². The number of hydrogen-bond acceptors (Lipinski definition) is 3. The maximum absolute atomic E-state index is 11.0. The van der Waals surface area contributed by atoms with Crippen LogP contribution in [0.2, 0.25) is 0 Å². The van der Waals surface area contributed by atoms with Gasteiger partial charge in [0, 0.05) is 34.9 Å². The van der Waals surface area contributed by atoms with Crippen LogP contribution in [0.3, 0.4) is 0 Å². The van der Waals surface area contributed by atoms with Crippen LogP contribution in [-0.4, -0.2) is 39.5 Å². The molecule has 1 saturated carbocycles. The van der Waals surface area contributed by atoms with Gasteiger partial charge in [0.15, 0.2) is 0 Å². The summed E-state index contributed by atoms with van der Waals surface area (Å²) in [6, 6.07) is 0.228. The fourth-order valence-corrected chi connectivity index (χ4v) is 1.94. The van der Waals surface area contributed by atoms with E-state index < -0.39 is 10.8 Å². The lowest BCUT2D eigenvalue weighted by Gasteiger charge is -2.18. The molecule has 0 aromatic heterocycles. The number of nitrogens with one attached hydrogen (secondary N) is 1. The molecule has 0 heterocycles. The van der Waals surface area contributed by atoms with Crippen molar-refractivity contribution >= 4 is 10.8 Å². The lowest BCUT2D eigenvalue weighted by Crippen LogP contribution is -2.40. The van der Waals surface area contributed by atoms with Crippen molar-refractivity contribution in [1.29, 1.82) is 0 Å². The molecule has 4 atom stereocenters. The van der Waals surface area contributed by atoms with Gasteiger partial charge in [-0.3, -0.25) is 4.21 Å². The van der Waals surface area contributed by atoms with Crippen LogP contribution in [0.4, 0.5) is 0 Å². The molecule has 78 valence electrons. The molecule has 0 saturated heterocycles. The van der Waals surface area contributed by atoms with Crippen LogP contribution in [-0.2, 0) is 10.8 Å². The van der Waals surface area contributed by atoms with Gasteiger partial charge < -0.3 is 10.4 Å². The molecule has 2 N–H and O–H groups in total. The first-order valence-electron chi connectivity index (χ1n) is 4.85. The van der Waals surface area contributed by atoms with E-state index in [2.05, 4.69) is 5.32 Å². The molecule has 0 amide bonds. The summed E-state index contributed by atoms with van der Waals surface area (Å²) < 4.78 is 11.0. The Morgan fingerprint density at radius 1 is 1.62 bits per heavy atom. The summed E-state index contributed by atoms with van der Waals surface area (Å²) in [5.41, 5.74) is 0. The molecular formula is C9H19NO2S. The van der Waals surface area contributed by atoms with E-state index in [-0.39, 0.29) is 17.4 Å². The fraction of sp³-hybridized carbons (Fsp3) is 1.00. The van der Waals surface area contributed by atoms with Crippen molar-refractivity contribution in [1.82, 2.24) is 5.32 Å². The van der Waals surface area contributed by atoms with Crippen molar-refractivity contribution in [2.24, 2.45) is 0 Å². The first-order valence-corrected chi connectivity index (χ1v) is 6.47. The largest absolute Gasteiger partial charge is 0.392 e. The molecule has 0 spiro atoms. The molecule has 4 unspecified atom stereocenters. The molecule has 0 radical (unpaired) electrons. The predicted molar refractivity (Wildman–Crippen MR) is 55.2 cm³/mol. The minimum absolute atomic E-state index is 0.174. The van der Waals surface area contributed by atoms with Gasteiger partial charge in [-0.05, 0) is 26.2 Å². The molecule has 1 aliphatic rings. The Labute approximate surface area is 82.4 Å². The van der Waals surface area contributed by atoms with Gasteiger partial charge >= 0.3 is 0 Å². The highest BCUT2D eigenvalue weighted by Gasteiger charge is 2.24. The van der Waals surface area contributed by atoms with Crippen molar-refractivity contribution in [3.63, 3.8) is 0 Å². The number of aliphatic hydroxyl groups excluding tert-OH is 1. The van der Waals surface area contributed by atoms with E-state index in [1.165, 1.54) is 0 Å². The molecule has 0 aromatic rings. The van der Waals surface area contributed by atoms with Crippen LogP contribution < -0.4 is 5.32 Å². The smallest absolute Gasteiger partial charge is 0.0693 e. The average Bonchev–Trinajstić information content (AvgIpc) is 2.47. The maximum Gasteiger partial charge on any atom is 0.0693 e. The first kappa shape index (κ1) is 11.1. The summed E-state index contributed by atoms with van der Waals surface area (Å²) in [6.07, 6.45) is 4.57. The molecule has 0 aromatic carbocycles. The van der Waals surface area contributed by atoms with Crippen molar-refractivity contribution in [3.05, 3.63) is 0 Å². The van der Waals surface area contributed by atoms with E-state index in [0.29, 0.717) is 0 Å². The highest BCUT2D eigenvalue weighted by atomic mass is 32.2. The van der Waals surface area contributed by atoms with Gasteiger partial charge in [-0.25, -0.2) is 0 Å². The summed E-state index contributed by atoms with van der Waals surface area (Å²) in [5.74, 6) is 0. The third kappa shape index (κ3) is 3.37. The number of hydrogen-bond donors (Lipinski definition) is 2. The van der Waals surface area contributed by atoms with Crippen molar-refractivity contribution in [2.45, 2.75) is 43.6 Å². The molecule has 1 rings (SSSR count). The molecule has 13 heavy (non-hydrogen) atoms. The Balaban J connectivity index is 2.22. The maximum atomic E-state index is 11.0. The molecular weight excluding hydrogens is 186 g/mol. The zero-order valence-electron chi connectivity index (χ0n) is 8.32. The van der Waals surface area contributed by atoms with E-state index in [1.807, 2.05) is 6.92 Å². The van der Waals surface area contributed by atoms with Crippen molar-refractivity contribution in [2.75, 3.05) is 12.8 Å². The molecule has 1 aliphatic carbocycles. The standard InChI is InChI=1S/C9H19NO2S/c1-7(13(2)12)6-10-8-4-3-5-9(8)11/h7-11H,3-6H2,1-2H3. The molecule has 0 bridgehead atoms. The minimum atomic E-state index is -0.766. The van der Waals surface area contributed by atoms with Crippen molar-refractivity contribution < 1.29 is 9.32 Å². The lowest BCUT2D eigenvalue weighted by molar-refractivity contribution is 0.149. The lowest BCUT2D eigenvalue weighted by atomic mass is 10.2. The first-order chi connectivity index (χ1) is 6.11. The summed E-state index contributed by atoms with van der Waals surface area (Å²) >= 11 is 0. The third-order valence-corrected chi connectivity index (χ3v) is 4.01. The minimum Gasteiger partial charge on any atom is -0.392 e. The van der Waals surface area contributed by atoms with Crippen LogP contribution >= 0.6 is 0 Å². The van der Waals surface area contributed by atoms with Gasteiger partial charge in [0.25, 0.3) is 0 Å². The molecule has 3 nitrogen and oxygen atoms in total. The van der Waals surface area contributed by atoms with E-state index >= 15 is 0 Å². The van der Waals surface area contributed by atoms with Gasteiger partial charge in [-0.1, -0.05) is 0 Å². The SMILES string of the molecule is CC(CNC1CCCC1O)S(C)=O. The monoisotopic (exact) mass is 205 g/mol. The van der Waals surface area contributed by atoms with Crippen LogP contribution in [0.25, 0.3) is 0 Å². The summed E-state index contributed by atoms with van der Waals surface area (Å²) in [6.45, 7) is 2.70. The van der Waals surface area contributed by atoms with Gasteiger partial charge in [-0.15, -0.1) is 0 Å². The van der Waals surface area contributed by atoms with E-state index in [4.69, 9.17) is 0 Å². The van der Waals surface area contributed by atoms with Crippen molar-refractivity contribution in [3.8, 4) is 0 Å². The normalized spacial score (nSPS) is 33.2. The zero-order chi connectivity index (χ0) is 9.84. The van der Waals surface area contributed by atoms with E-state index in [0.717, 1.165) is 25.8 Å². The number of aliphatic hydroxyl groups is 1. The second-order valence-corrected chi connectivity index (χ2v) is 5.62. The average molecular weight is 205 g/mol. The van der Waals surface area contributed by atoms with Crippen LogP contribution in [0, 0.1) is 0 Å². The Morgan fingerprint density at radius 3 is 2.77 bits per heavy atom. The second-order valence-electron chi connectivity index (χ2n) is 3.82. The Morgan fingerprint density at radius 2 is 2.31 bits per heavy atom. The van der Waals surface area contributed by atoms with Crippen LogP contribution in [0.1, 0.15) is 26.2 Å². The topological polar surface area (TPSA) is 49.3 Å². The predicted octanol–water partition coefficient (Wildman–Crippen LogP) is 0.256. The zero-order valence-corrected chi connectivity index (χ0v) is 9.14. The van der Waals surface area contributed by atoms with Crippen LogP contribution in [0.5, 0.6) is 0 Å². The Bertz CT molecular complexity index is 186. The summed E-state index contributed by atoms with van der Waals surface area (Å²) in [7, 11) is -0.766. The Hall–Kier alpha value is 0.0700.